The van der Waals surface area contributed by atoms with Crippen molar-refractivity contribution >= 4 is 5.97 Å². The minimum atomic E-state index is -0.839. The van der Waals surface area contributed by atoms with Gasteiger partial charge in [0.25, 0.3) is 0 Å². The Balaban J connectivity index is 2.21. The molecule has 2 aromatic rings. The summed E-state index contributed by atoms with van der Waals surface area (Å²) in [5.74, 6) is 5.69. The van der Waals surface area contributed by atoms with Gasteiger partial charge in [-0.2, -0.15) is 0 Å². The summed E-state index contributed by atoms with van der Waals surface area (Å²) in [6.07, 6.45) is 0.0219. The van der Waals surface area contributed by atoms with Gasteiger partial charge in [-0.05, 0) is 46.9 Å². The summed E-state index contributed by atoms with van der Waals surface area (Å²) in [5, 5.41) is 18.1. The Hall–Kier alpha value is -2.57. The van der Waals surface area contributed by atoms with Crippen LogP contribution in [0.2, 0.25) is 0 Å². The molecule has 0 bridgehead atoms. The van der Waals surface area contributed by atoms with Crippen molar-refractivity contribution in [2.75, 3.05) is 0 Å². The minimum Gasteiger partial charge on any atom is -0.481 e. The van der Waals surface area contributed by atoms with Gasteiger partial charge in [-0.25, -0.2) is 0 Å². The average Bonchev–Trinajstić information content (AvgIpc) is 2.53. The molecule has 2 rings (SSSR count). The maximum atomic E-state index is 10.7. The topological polar surface area (TPSA) is 57.5 Å². The standard InChI is InChI=1S/C20H20O3/c1-14(2)19-11-16(9-10-18(19)13-21)6-3-15-4-7-17(8-5-15)12-20(22)23/h4-5,7-11,14,21H,12-13H2,1-2H3,(H,22,23). The quantitative estimate of drug-likeness (QED) is 0.852. The van der Waals surface area contributed by atoms with E-state index in [1.54, 1.807) is 12.1 Å². The van der Waals surface area contributed by atoms with E-state index in [0.717, 1.165) is 27.8 Å². The highest BCUT2D eigenvalue weighted by Crippen LogP contribution is 2.21. The van der Waals surface area contributed by atoms with Crippen LogP contribution in [-0.2, 0) is 17.8 Å². The highest BCUT2D eigenvalue weighted by Gasteiger charge is 2.06. The van der Waals surface area contributed by atoms with Crippen molar-refractivity contribution in [3.8, 4) is 11.8 Å². The molecule has 0 aliphatic carbocycles. The molecule has 0 amide bonds. The van der Waals surface area contributed by atoms with Crippen LogP contribution >= 0.6 is 0 Å². The SMILES string of the molecule is CC(C)c1cc(C#Cc2ccc(CC(=O)O)cc2)ccc1CO. The predicted molar refractivity (Wildman–Crippen MR) is 90.2 cm³/mol. The normalized spacial score (nSPS) is 10.3. The largest absolute Gasteiger partial charge is 0.481 e. The van der Waals surface area contributed by atoms with Crippen molar-refractivity contribution in [2.24, 2.45) is 0 Å². The summed E-state index contributed by atoms with van der Waals surface area (Å²) in [6, 6.07) is 13.1. The van der Waals surface area contributed by atoms with E-state index < -0.39 is 5.97 Å². The third-order valence-electron chi connectivity index (χ3n) is 3.60. The van der Waals surface area contributed by atoms with Gasteiger partial charge in [0, 0.05) is 11.1 Å². The van der Waals surface area contributed by atoms with Crippen LogP contribution in [0.15, 0.2) is 42.5 Å². The Morgan fingerprint density at radius 3 is 2.22 bits per heavy atom. The summed E-state index contributed by atoms with van der Waals surface area (Å²) < 4.78 is 0. The van der Waals surface area contributed by atoms with Gasteiger partial charge in [-0.1, -0.05) is 43.9 Å². The molecule has 0 aromatic heterocycles. The molecule has 118 valence electrons. The number of aliphatic hydroxyl groups excluding tert-OH is 1. The van der Waals surface area contributed by atoms with Gasteiger partial charge < -0.3 is 10.2 Å². The van der Waals surface area contributed by atoms with Gasteiger partial charge in [0.2, 0.25) is 0 Å². The minimum absolute atomic E-state index is 0.0219. The van der Waals surface area contributed by atoms with Gasteiger partial charge in [-0.15, -0.1) is 0 Å². The molecule has 3 nitrogen and oxygen atoms in total. The maximum Gasteiger partial charge on any atom is 0.307 e. The Kier molecular flexibility index (Phi) is 5.56. The zero-order chi connectivity index (χ0) is 16.8. The lowest BCUT2D eigenvalue weighted by Crippen LogP contribution is -1.99. The molecular weight excluding hydrogens is 288 g/mol. The van der Waals surface area contributed by atoms with Crippen LogP contribution in [0.5, 0.6) is 0 Å². The lowest BCUT2D eigenvalue weighted by molar-refractivity contribution is -0.136. The third-order valence-corrected chi connectivity index (χ3v) is 3.60. The van der Waals surface area contributed by atoms with E-state index >= 15 is 0 Å². The van der Waals surface area contributed by atoms with Crippen LogP contribution in [0.25, 0.3) is 0 Å². The number of rotatable bonds is 4. The van der Waals surface area contributed by atoms with E-state index in [-0.39, 0.29) is 13.0 Å². The molecule has 2 N–H and O–H groups in total. The van der Waals surface area contributed by atoms with Gasteiger partial charge in [0.05, 0.1) is 13.0 Å². The second kappa shape index (κ2) is 7.62. The van der Waals surface area contributed by atoms with Crippen molar-refractivity contribution in [2.45, 2.75) is 32.8 Å². The van der Waals surface area contributed by atoms with E-state index in [2.05, 4.69) is 25.7 Å². The Morgan fingerprint density at radius 2 is 1.65 bits per heavy atom. The van der Waals surface area contributed by atoms with Crippen molar-refractivity contribution in [1.29, 1.82) is 0 Å². The number of carbonyl (C=O) groups is 1. The summed E-state index contributed by atoms with van der Waals surface area (Å²) in [4.78, 5) is 10.7. The fourth-order valence-corrected chi connectivity index (χ4v) is 2.38. The molecule has 0 heterocycles. The molecule has 0 unspecified atom stereocenters. The fraction of sp³-hybridized carbons (Fsp3) is 0.250. The first-order valence-corrected chi connectivity index (χ1v) is 7.56. The zero-order valence-electron chi connectivity index (χ0n) is 13.3. The van der Waals surface area contributed by atoms with E-state index in [9.17, 15) is 9.90 Å². The molecule has 2 aromatic carbocycles. The smallest absolute Gasteiger partial charge is 0.307 e. The van der Waals surface area contributed by atoms with Gasteiger partial charge in [-0.3, -0.25) is 4.79 Å². The third kappa shape index (κ3) is 4.70. The molecule has 0 spiro atoms. The van der Waals surface area contributed by atoms with Crippen molar-refractivity contribution in [1.82, 2.24) is 0 Å². The van der Waals surface area contributed by atoms with Crippen LogP contribution < -0.4 is 0 Å². The van der Waals surface area contributed by atoms with Crippen LogP contribution in [0.3, 0.4) is 0 Å². The Labute approximate surface area is 136 Å². The van der Waals surface area contributed by atoms with Crippen LogP contribution in [0.4, 0.5) is 0 Å². The highest BCUT2D eigenvalue weighted by molar-refractivity contribution is 5.70. The van der Waals surface area contributed by atoms with Crippen molar-refractivity contribution in [3.05, 3.63) is 70.3 Å². The first-order chi connectivity index (χ1) is 11.0. The van der Waals surface area contributed by atoms with Crippen molar-refractivity contribution < 1.29 is 15.0 Å². The second-order valence-corrected chi connectivity index (χ2v) is 5.74. The van der Waals surface area contributed by atoms with Crippen molar-refractivity contribution in [3.63, 3.8) is 0 Å². The number of carboxylic acids is 1. The monoisotopic (exact) mass is 308 g/mol. The maximum absolute atomic E-state index is 10.7. The molecule has 0 radical (unpaired) electrons. The fourth-order valence-electron chi connectivity index (χ4n) is 2.38. The number of benzene rings is 2. The first-order valence-electron chi connectivity index (χ1n) is 7.56. The molecule has 0 saturated carbocycles. The van der Waals surface area contributed by atoms with Crippen LogP contribution in [-0.4, -0.2) is 16.2 Å². The molecular formula is C20H20O3. The van der Waals surface area contributed by atoms with Gasteiger partial charge in [0.15, 0.2) is 0 Å². The van der Waals surface area contributed by atoms with Gasteiger partial charge >= 0.3 is 5.97 Å². The number of carboxylic acid groups (broad SMARTS) is 1. The first kappa shape index (κ1) is 16.8. The number of aliphatic hydroxyl groups is 1. The average molecular weight is 308 g/mol. The molecule has 23 heavy (non-hydrogen) atoms. The van der Waals surface area contributed by atoms with E-state index in [0.29, 0.717) is 5.92 Å². The Bertz CT molecular complexity index is 747. The lowest BCUT2D eigenvalue weighted by Gasteiger charge is -2.11. The Morgan fingerprint density at radius 1 is 1.04 bits per heavy atom. The van der Waals surface area contributed by atoms with E-state index in [1.807, 2.05) is 30.3 Å². The number of hydrogen-bond donors (Lipinski definition) is 2. The molecule has 0 atom stereocenters. The molecule has 3 heteroatoms. The molecule has 0 aliphatic heterocycles. The van der Waals surface area contributed by atoms with E-state index in [4.69, 9.17) is 5.11 Å². The summed E-state index contributed by atoms with van der Waals surface area (Å²) in [6.45, 7) is 4.21. The second-order valence-electron chi connectivity index (χ2n) is 5.74. The summed E-state index contributed by atoms with van der Waals surface area (Å²) >= 11 is 0. The van der Waals surface area contributed by atoms with E-state index in [1.165, 1.54) is 0 Å². The van der Waals surface area contributed by atoms with Crippen LogP contribution in [0.1, 0.15) is 47.6 Å². The molecule has 0 fully saturated rings. The molecule has 0 aliphatic rings. The predicted octanol–water partition coefficient (Wildman–Crippen LogP) is 3.33. The number of aliphatic carboxylic acids is 1. The zero-order valence-corrected chi connectivity index (χ0v) is 13.3. The van der Waals surface area contributed by atoms with Gasteiger partial charge in [0.1, 0.15) is 0 Å². The lowest BCUT2D eigenvalue weighted by atomic mass is 9.95. The molecule has 0 saturated heterocycles. The summed E-state index contributed by atoms with van der Waals surface area (Å²) in [7, 11) is 0. The summed E-state index contributed by atoms with van der Waals surface area (Å²) in [5.41, 5.74) is 4.55. The number of hydrogen-bond acceptors (Lipinski definition) is 2. The van der Waals surface area contributed by atoms with Crippen LogP contribution in [0, 0.1) is 11.8 Å². The highest BCUT2D eigenvalue weighted by atomic mass is 16.4.